The zero-order valence-corrected chi connectivity index (χ0v) is 7.93. The third-order valence-electron chi connectivity index (χ3n) is 4.17. The van der Waals surface area contributed by atoms with Crippen molar-refractivity contribution < 1.29 is 0 Å². The highest BCUT2D eigenvalue weighted by atomic mass is 15.2. The number of nitrogens with zero attached hydrogens (tertiary/aromatic N) is 1. The summed E-state index contributed by atoms with van der Waals surface area (Å²) in [5, 5.41) is 0. The molecular weight excluding hydrogens is 134 g/mol. The highest BCUT2D eigenvalue weighted by Crippen LogP contribution is 2.50. The molecule has 1 nitrogen and oxygen atoms in total. The summed E-state index contributed by atoms with van der Waals surface area (Å²) < 4.78 is 0. The van der Waals surface area contributed by atoms with Crippen LogP contribution in [0.4, 0.5) is 0 Å². The summed E-state index contributed by atoms with van der Waals surface area (Å²) >= 11 is 0. The van der Waals surface area contributed by atoms with Crippen LogP contribution in [0.15, 0.2) is 0 Å². The van der Waals surface area contributed by atoms with Gasteiger partial charge >= 0.3 is 0 Å². The van der Waals surface area contributed by atoms with Crippen LogP contribution in [0.25, 0.3) is 0 Å². The predicted octanol–water partition coefficient (Wildman–Crippen LogP) is 2.13. The fourth-order valence-electron chi connectivity index (χ4n) is 3.24. The molecule has 0 N–H and O–H groups in total. The lowest BCUT2D eigenvalue weighted by molar-refractivity contribution is 0.210. The van der Waals surface area contributed by atoms with Crippen LogP contribution in [-0.2, 0) is 0 Å². The van der Waals surface area contributed by atoms with Crippen LogP contribution in [0.1, 0.15) is 33.1 Å². The Morgan fingerprint density at radius 3 is 2.82 bits per heavy atom. The van der Waals surface area contributed by atoms with Gasteiger partial charge in [0.2, 0.25) is 0 Å². The number of fused-ring (bicyclic) bond motifs is 1. The van der Waals surface area contributed by atoms with Crippen LogP contribution in [0.2, 0.25) is 0 Å². The Balaban J connectivity index is 2.25. The van der Waals surface area contributed by atoms with E-state index in [-0.39, 0.29) is 0 Å². The van der Waals surface area contributed by atoms with E-state index in [0.29, 0.717) is 5.41 Å². The minimum Gasteiger partial charge on any atom is -0.303 e. The molecule has 0 amide bonds. The maximum Gasteiger partial charge on any atom is 0.0149 e. The van der Waals surface area contributed by atoms with Gasteiger partial charge in [0.15, 0.2) is 0 Å². The predicted molar refractivity (Wildman–Crippen MR) is 47.5 cm³/mol. The second-order valence-electron chi connectivity index (χ2n) is 4.75. The van der Waals surface area contributed by atoms with Crippen LogP contribution in [0.5, 0.6) is 0 Å². The summed E-state index contributed by atoms with van der Waals surface area (Å²) in [5.41, 5.74) is 0.661. The van der Waals surface area contributed by atoms with Crippen molar-refractivity contribution in [3.8, 4) is 0 Å². The number of rotatable bonds is 0. The fraction of sp³-hybridized carbons (Fsp3) is 1.00. The summed E-state index contributed by atoms with van der Waals surface area (Å²) in [6, 6.07) is 0.900. The van der Waals surface area contributed by atoms with Gasteiger partial charge in [0.1, 0.15) is 0 Å². The quantitative estimate of drug-likeness (QED) is 0.515. The number of hydrogen-bond donors (Lipinski definition) is 0. The maximum atomic E-state index is 2.57. The smallest absolute Gasteiger partial charge is 0.0149 e. The number of likely N-dealkylation sites (tertiary alicyclic amines) is 1. The second-order valence-corrected chi connectivity index (χ2v) is 4.75. The van der Waals surface area contributed by atoms with Gasteiger partial charge in [-0.25, -0.2) is 0 Å². The molecule has 1 aliphatic carbocycles. The molecule has 0 aromatic rings. The molecule has 11 heavy (non-hydrogen) atoms. The minimum atomic E-state index is 0.661. The van der Waals surface area contributed by atoms with Gasteiger partial charge in [-0.1, -0.05) is 20.3 Å². The molecule has 1 saturated carbocycles. The molecule has 1 saturated heterocycles. The van der Waals surface area contributed by atoms with Crippen molar-refractivity contribution in [2.75, 3.05) is 13.6 Å². The molecule has 64 valence electrons. The lowest BCUT2D eigenvalue weighted by Crippen LogP contribution is -2.31. The van der Waals surface area contributed by atoms with E-state index in [0.717, 1.165) is 12.0 Å². The first kappa shape index (κ1) is 7.60. The van der Waals surface area contributed by atoms with E-state index in [1.807, 2.05) is 0 Å². The normalized spacial score (nSPS) is 51.5. The lowest BCUT2D eigenvalue weighted by Gasteiger charge is -2.29. The van der Waals surface area contributed by atoms with Gasteiger partial charge in [-0.2, -0.15) is 0 Å². The van der Waals surface area contributed by atoms with E-state index in [2.05, 4.69) is 25.8 Å². The first-order valence-corrected chi connectivity index (χ1v) is 4.85. The van der Waals surface area contributed by atoms with Crippen molar-refractivity contribution in [1.82, 2.24) is 4.90 Å². The molecule has 0 radical (unpaired) electrons. The molecule has 1 heteroatoms. The van der Waals surface area contributed by atoms with Gasteiger partial charge < -0.3 is 4.90 Å². The SMILES string of the molecule is CC1CN(C)C2CCCC12C. The van der Waals surface area contributed by atoms with Crippen molar-refractivity contribution in [1.29, 1.82) is 0 Å². The van der Waals surface area contributed by atoms with Crippen LogP contribution in [-0.4, -0.2) is 24.5 Å². The van der Waals surface area contributed by atoms with Crippen molar-refractivity contribution in [2.24, 2.45) is 11.3 Å². The van der Waals surface area contributed by atoms with E-state index >= 15 is 0 Å². The largest absolute Gasteiger partial charge is 0.303 e. The standard InChI is InChI=1S/C10H19N/c1-8-7-11(3)9-5-4-6-10(8,9)2/h8-9H,4-7H2,1-3H3. The third kappa shape index (κ3) is 0.868. The van der Waals surface area contributed by atoms with Gasteiger partial charge in [0, 0.05) is 12.6 Å². The molecule has 1 aliphatic heterocycles. The summed E-state index contributed by atoms with van der Waals surface area (Å²) in [6.07, 6.45) is 4.36. The molecule has 2 rings (SSSR count). The first-order valence-electron chi connectivity index (χ1n) is 4.85. The van der Waals surface area contributed by atoms with E-state index in [1.165, 1.54) is 25.8 Å². The molecule has 0 aromatic heterocycles. The highest BCUT2D eigenvalue weighted by Gasteiger charge is 2.49. The van der Waals surface area contributed by atoms with E-state index < -0.39 is 0 Å². The molecule has 0 spiro atoms. The monoisotopic (exact) mass is 153 g/mol. The van der Waals surface area contributed by atoms with Crippen LogP contribution in [0, 0.1) is 11.3 Å². The Labute approximate surface area is 69.8 Å². The zero-order valence-electron chi connectivity index (χ0n) is 7.93. The summed E-state index contributed by atoms with van der Waals surface area (Å²) in [7, 11) is 2.29. The third-order valence-corrected chi connectivity index (χ3v) is 4.17. The minimum absolute atomic E-state index is 0.661. The molecule has 2 aliphatic rings. The Kier molecular flexibility index (Phi) is 1.54. The Morgan fingerprint density at radius 1 is 1.45 bits per heavy atom. The van der Waals surface area contributed by atoms with Crippen LogP contribution < -0.4 is 0 Å². The Bertz CT molecular complexity index is 166. The molecule has 3 atom stereocenters. The van der Waals surface area contributed by atoms with Gasteiger partial charge in [0.25, 0.3) is 0 Å². The van der Waals surface area contributed by atoms with Crippen molar-refractivity contribution in [3.05, 3.63) is 0 Å². The molecule has 0 bridgehead atoms. The Morgan fingerprint density at radius 2 is 2.18 bits per heavy atom. The average molecular weight is 153 g/mol. The van der Waals surface area contributed by atoms with Gasteiger partial charge in [-0.3, -0.25) is 0 Å². The summed E-state index contributed by atoms with van der Waals surface area (Å²) in [5.74, 6) is 0.917. The lowest BCUT2D eigenvalue weighted by atomic mass is 9.77. The first-order chi connectivity index (χ1) is 5.14. The molecule has 2 fully saturated rings. The molecule has 1 heterocycles. The molecular formula is C10H19N. The fourth-order valence-corrected chi connectivity index (χ4v) is 3.24. The van der Waals surface area contributed by atoms with Crippen molar-refractivity contribution in [3.63, 3.8) is 0 Å². The maximum absolute atomic E-state index is 2.57. The van der Waals surface area contributed by atoms with Crippen molar-refractivity contribution in [2.45, 2.75) is 39.2 Å². The summed E-state index contributed by atoms with van der Waals surface area (Å²) in [4.78, 5) is 2.57. The van der Waals surface area contributed by atoms with Gasteiger partial charge in [-0.05, 0) is 31.2 Å². The Hall–Kier alpha value is -0.0400. The van der Waals surface area contributed by atoms with E-state index in [4.69, 9.17) is 0 Å². The van der Waals surface area contributed by atoms with E-state index in [9.17, 15) is 0 Å². The average Bonchev–Trinajstić information content (AvgIpc) is 2.39. The van der Waals surface area contributed by atoms with Crippen molar-refractivity contribution >= 4 is 0 Å². The zero-order chi connectivity index (χ0) is 8.06. The van der Waals surface area contributed by atoms with E-state index in [1.54, 1.807) is 0 Å². The molecule has 0 aromatic carbocycles. The molecule has 3 unspecified atom stereocenters. The highest BCUT2D eigenvalue weighted by molar-refractivity contribution is 5.02. The van der Waals surface area contributed by atoms with Gasteiger partial charge in [0.05, 0.1) is 0 Å². The van der Waals surface area contributed by atoms with Crippen LogP contribution in [0.3, 0.4) is 0 Å². The second kappa shape index (κ2) is 2.22. The topological polar surface area (TPSA) is 3.24 Å². The summed E-state index contributed by atoms with van der Waals surface area (Å²) in [6.45, 7) is 6.22. The van der Waals surface area contributed by atoms with Crippen LogP contribution >= 0.6 is 0 Å². The number of hydrogen-bond acceptors (Lipinski definition) is 1. The van der Waals surface area contributed by atoms with Gasteiger partial charge in [-0.15, -0.1) is 0 Å².